The molecule has 1 unspecified atom stereocenters. The number of carbonyl (C=O) groups is 1. The Morgan fingerprint density at radius 1 is 1.67 bits per heavy atom. The van der Waals surface area contributed by atoms with Crippen molar-refractivity contribution in [2.24, 2.45) is 11.7 Å². The fourth-order valence-corrected chi connectivity index (χ4v) is 2.96. The van der Waals surface area contributed by atoms with Crippen LogP contribution in [0.25, 0.3) is 0 Å². The lowest BCUT2D eigenvalue weighted by Gasteiger charge is -2.23. The molecule has 18 heavy (non-hydrogen) atoms. The molecule has 1 aliphatic rings. The molecule has 5 nitrogen and oxygen atoms in total. The van der Waals surface area contributed by atoms with Gasteiger partial charge < -0.3 is 15.7 Å². The Hall–Kier alpha value is -1.24. The van der Waals surface area contributed by atoms with Crippen molar-refractivity contribution in [3.05, 3.63) is 23.8 Å². The predicted octanol–water partition coefficient (Wildman–Crippen LogP) is 1.04. The van der Waals surface area contributed by atoms with Gasteiger partial charge in [0.2, 0.25) is 6.41 Å². The van der Waals surface area contributed by atoms with Gasteiger partial charge in [-0.3, -0.25) is 4.79 Å². The molecule has 0 saturated heterocycles. The van der Waals surface area contributed by atoms with Gasteiger partial charge in [0.15, 0.2) is 0 Å². The molecular weight excluding hydrogens is 252 g/mol. The van der Waals surface area contributed by atoms with Crippen molar-refractivity contribution >= 4 is 18.2 Å². The molecule has 1 amide bonds. The summed E-state index contributed by atoms with van der Waals surface area (Å²) in [6, 6.07) is 6.20. The number of amides is 1. The van der Waals surface area contributed by atoms with Crippen LogP contribution in [0.4, 0.5) is 0 Å². The second kappa shape index (κ2) is 7.97. The number of benzene rings is 1. The third kappa shape index (κ3) is 4.21. The van der Waals surface area contributed by atoms with E-state index in [2.05, 4.69) is 23.3 Å². The van der Waals surface area contributed by atoms with Crippen molar-refractivity contribution in [2.45, 2.75) is 11.3 Å². The Labute approximate surface area is 111 Å². The van der Waals surface area contributed by atoms with Crippen LogP contribution in [0.15, 0.2) is 23.1 Å². The number of hydrogen-bond acceptors (Lipinski definition) is 5. The Morgan fingerprint density at radius 3 is 3.00 bits per heavy atom. The number of primary amides is 1. The molecule has 0 aliphatic carbocycles. The maximum absolute atomic E-state index is 8.68. The molecule has 0 bridgehead atoms. The largest absolute Gasteiger partial charge is 0.497 e. The van der Waals surface area contributed by atoms with Gasteiger partial charge in [-0.15, -0.1) is 11.8 Å². The number of hydrogen-bond donors (Lipinski definition) is 3. The lowest BCUT2D eigenvalue weighted by atomic mass is 10.0. The third-order valence-corrected chi connectivity index (χ3v) is 3.98. The van der Waals surface area contributed by atoms with E-state index in [-0.39, 0.29) is 6.41 Å². The molecule has 1 atom stereocenters. The molecule has 6 heteroatoms. The fraction of sp³-hybridized carbons (Fsp3) is 0.417. The number of fused-ring (bicyclic) bond motifs is 1. The number of thioether (sulfide) groups is 1. The van der Waals surface area contributed by atoms with Crippen LogP contribution >= 0.6 is 11.8 Å². The van der Waals surface area contributed by atoms with Crippen LogP contribution in [-0.4, -0.2) is 31.0 Å². The lowest BCUT2D eigenvalue weighted by Crippen LogP contribution is -2.25. The molecule has 0 aromatic heterocycles. The van der Waals surface area contributed by atoms with E-state index in [1.807, 2.05) is 17.8 Å². The van der Waals surface area contributed by atoms with E-state index in [1.165, 1.54) is 10.5 Å². The van der Waals surface area contributed by atoms with E-state index >= 15 is 0 Å². The minimum atomic E-state index is 0.250. The molecule has 4 N–H and O–H groups in total. The van der Waals surface area contributed by atoms with Crippen molar-refractivity contribution in [1.29, 1.82) is 0 Å². The van der Waals surface area contributed by atoms with Gasteiger partial charge in [0.25, 0.3) is 0 Å². The van der Waals surface area contributed by atoms with E-state index in [0.717, 1.165) is 17.9 Å². The molecule has 0 radical (unpaired) electrons. The van der Waals surface area contributed by atoms with Crippen LogP contribution in [-0.2, 0) is 11.2 Å². The van der Waals surface area contributed by atoms with Crippen molar-refractivity contribution < 1.29 is 14.7 Å². The summed E-state index contributed by atoms with van der Waals surface area (Å²) in [6.45, 7) is 0.656. The second-order valence-corrected chi connectivity index (χ2v) is 4.91. The lowest BCUT2D eigenvalue weighted by molar-refractivity contribution is -0.106. The second-order valence-electron chi connectivity index (χ2n) is 3.85. The number of carbonyl (C=O) groups excluding carboxylic acids is 1. The van der Waals surface area contributed by atoms with Gasteiger partial charge in [-0.25, -0.2) is 5.48 Å². The van der Waals surface area contributed by atoms with Crippen LogP contribution in [0.1, 0.15) is 5.56 Å². The summed E-state index contributed by atoms with van der Waals surface area (Å²) in [6.07, 6.45) is 1.26. The highest BCUT2D eigenvalue weighted by Gasteiger charge is 2.19. The van der Waals surface area contributed by atoms with Crippen LogP contribution in [0.2, 0.25) is 0 Å². The average Bonchev–Trinajstić information content (AvgIpc) is 2.39. The van der Waals surface area contributed by atoms with Crippen LogP contribution < -0.4 is 16.0 Å². The third-order valence-electron chi connectivity index (χ3n) is 2.63. The first-order chi connectivity index (χ1) is 8.74. The van der Waals surface area contributed by atoms with Gasteiger partial charge in [-0.05, 0) is 36.1 Å². The smallest absolute Gasteiger partial charge is 0.204 e. The zero-order chi connectivity index (χ0) is 13.4. The first-order valence-electron chi connectivity index (χ1n) is 5.57. The summed E-state index contributed by atoms with van der Waals surface area (Å²) < 4.78 is 5.20. The SMILES string of the molecule is COc1ccc2c(c1)CC(CNO)CS2.NC=O. The zero-order valence-corrected chi connectivity index (χ0v) is 11.1. The maximum Gasteiger partial charge on any atom is 0.204 e. The first kappa shape index (κ1) is 14.8. The molecule has 0 saturated carbocycles. The summed E-state index contributed by atoms with van der Waals surface area (Å²) in [7, 11) is 1.68. The molecule has 0 spiro atoms. The number of rotatable bonds is 3. The number of nitrogens with two attached hydrogens (primary N) is 1. The number of methoxy groups -OCH3 is 1. The van der Waals surface area contributed by atoms with Gasteiger partial charge in [0, 0.05) is 17.2 Å². The van der Waals surface area contributed by atoms with E-state index in [4.69, 9.17) is 14.7 Å². The fourth-order valence-electron chi connectivity index (χ4n) is 1.82. The van der Waals surface area contributed by atoms with Gasteiger partial charge in [0.05, 0.1) is 7.11 Å². The Kier molecular flexibility index (Phi) is 6.56. The summed E-state index contributed by atoms with van der Waals surface area (Å²) in [5.41, 5.74) is 7.74. The van der Waals surface area contributed by atoms with Gasteiger partial charge >= 0.3 is 0 Å². The Balaban J connectivity index is 0.000000492. The van der Waals surface area contributed by atoms with Crippen LogP contribution in [0.5, 0.6) is 5.75 Å². The molecule has 100 valence electrons. The van der Waals surface area contributed by atoms with Crippen molar-refractivity contribution in [1.82, 2.24) is 5.48 Å². The molecule has 1 aliphatic heterocycles. The monoisotopic (exact) mass is 270 g/mol. The van der Waals surface area contributed by atoms with Gasteiger partial charge in [-0.1, -0.05) is 0 Å². The number of nitrogens with one attached hydrogen (secondary N) is 1. The number of hydroxylamine groups is 1. The van der Waals surface area contributed by atoms with Crippen molar-refractivity contribution in [3.63, 3.8) is 0 Å². The molecule has 1 heterocycles. The van der Waals surface area contributed by atoms with E-state index in [1.54, 1.807) is 7.11 Å². The Bertz CT molecular complexity index is 388. The molecule has 0 fully saturated rings. The first-order valence-corrected chi connectivity index (χ1v) is 6.55. The average molecular weight is 270 g/mol. The van der Waals surface area contributed by atoms with E-state index in [9.17, 15) is 0 Å². The highest BCUT2D eigenvalue weighted by molar-refractivity contribution is 7.99. The highest BCUT2D eigenvalue weighted by atomic mass is 32.2. The molecule has 1 aromatic carbocycles. The topological polar surface area (TPSA) is 84.6 Å². The van der Waals surface area contributed by atoms with Gasteiger partial charge in [-0.2, -0.15) is 0 Å². The summed E-state index contributed by atoms with van der Waals surface area (Å²) in [5.74, 6) is 2.47. The quantitative estimate of drug-likeness (QED) is 0.564. The normalized spacial score (nSPS) is 17.1. The molecule has 1 aromatic rings. The maximum atomic E-state index is 8.68. The predicted molar refractivity (Wildman–Crippen MR) is 71.0 cm³/mol. The summed E-state index contributed by atoms with van der Waals surface area (Å²) in [4.78, 5) is 9.92. The van der Waals surface area contributed by atoms with Gasteiger partial charge in [0.1, 0.15) is 5.75 Å². The van der Waals surface area contributed by atoms with Crippen LogP contribution in [0.3, 0.4) is 0 Å². The summed E-state index contributed by atoms with van der Waals surface area (Å²) >= 11 is 1.85. The standard InChI is InChI=1S/C11H15NO2S.CH3NO/c1-14-10-2-3-11-9(5-10)4-8(6-12-13)7-15-11;2-1-3/h2-3,5,8,12-13H,4,6-7H2,1H3;1H,(H2,2,3). The highest BCUT2D eigenvalue weighted by Crippen LogP contribution is 2.34. The molecular formula is C12H18N2O3S. The Morgan fingerprint density at radius 2 is 2.39 bits per heavy atom. The minimum absolute atomic E-state index is 0.250. The summed E-state index contributed by atoms with van der Waals surface area (Å²) in [5, 5.41) is 8.68. The van der Waals surface area contributed by atoms with Crippen LogP contribution in [0, 0.1) is 5.92 Å². The van der Waals surface area contributed by atoms with Crippen molar-refractivity contribution in [3.8, 4) is 5.75 Å². The zero-order valence-electron chi connectivity index (χ0n) is 10.3. The minimum Gasteiger partial charge on any atom is -0.497 e. The number of ether oxygens (including phenoxy) is 1. The van der Waals surface area contributed by atoms with Crippen molar-refractivity contribution in [2.75, 3.05) is 19.4 Å². The van der Waals surface area contributed by atoms with E-state index < -0.39 is 0 Å². The molecule has 2 rings (SSSR count). The van der Waals surface area contributed by atoms with E-state index in [0.29, 0.717) is 12.5 Å².